The molecular formula is C21H30N8OS. The molecule has 4 heterocycles. The number of fused-ring (bicyclic) bond motifs is 1. The van der Waals surface area contributed by atoms with E-state index in [-0.39, 0.29) is 5.95 Å². The van der Waals surface area contributed by atoms with Crippen LogP contribution in [0.15, 0.2) is 18.5 Å². The zero-order valence-corrected chi connectivity index (χ0v) is 19.2. The van der Waals surface area contributed by atoms with Crippen LogP contribution in [0, 0.1) is 0 Å². The highest BCUT2D eigenvalue weighted by Gasteiger charge is 2.20. The number of morpholine rings is 1. The van der Waals surface area contributed by atoms with E-state index < -0.39 is 0 Å². The van der Waals surface area contributed by atoms with Gasteiger partial charge in [-0.25, -0.2) is 19.9 Å². The molecule has 4 rings (SSSR count). The summed E-state index contributed by atoms with van der Waals surface area (Å²) in [6, 6.07) is 2.19. The molecule has 0 saturated carbocycles. The lowest BCUT2D eigenvalue weighted by molar-refractivity contribution is 0.122. The van der Waals surface area contributed by atoms with Crippen molar-refractivity contribution in [2.45, 2.75) is 13.0 Å². The summed E-state index contributed by atoms with van der Waals surface area (Å²) in [6.45, 7) is 6.11. The average molecular weight is 443 g/mol. The molecule has 2 N–H and O–H groups in total. The summed E-state index contributed by atoms with van der Waals surface area (Å²) < 4.78 is 6.67. The van der Waals surface area contributed by atoms with Crippen LogP contribution in [0.2, 0.25) is 0 Å². The zero-order valence-electron chi connectivity index (χ0n) is 18.4. The first-order valence-corrected chi connectivity index (χ1v) is 11.4. The van der Waals surface area contributed by atoms with Crippen molar-refractivity contribution in [2.75, 3.05) is 71.2 Å². The first-order valence-electron chi connectivity index (χ1n) is 10.5. The molecule has 3 aromatic rings. The molecule has 0 atom stereocenters. The summed E-state index contributed by atoms with van der Waals surface area (Å²) in [5.74, 6) is 1.83. The fourth-order valence-electron chi connectivity index (χ4n) is 3.62. The van der Waals surface area contributed by atoms with Crippen molar-refractivity contribution < 1.29 is 4.74 Å². The van der Waals surface area contributed by atoms with E-state index in [1.54, 1.807) is 23.7 Å². The van der Waals surface area contributed by atoms with Gasteiger partial charge in [0.2, 0.25) is 5.95 Å². The minimum atomic E-state index is 0.244. The number of hydrogen-bond acceptors (Lipinski definition) is 10. The highest BCUT2D eigenvalue weighted by atomic mass is 32.1. The van der Waals surface area contributed by atoms with Crippen LogP contribution in [-0.4, -0.2) is 90.3 Å². The highest BCUT2D eigenvalue weighted by molar-refractivity contribution is 7.19. The van der Waals surface area contributed by atoms with Crippen molar-refractivity contribution in [1.82, 2.24) is 29.7 Å². The van der Waals surface area contributed by atoms with Crippen molar-refractivity contribution in [1.29, 1.82) is 0 Å². The van der Waals surface area contributed by atoms with Crippen LogP contribution in [0.1, 0.15) is 11.3 Å². The molecule has 1 saturated heterocycles. The molecule has 0 aliphatic carbocycles. The number of nitrogens with two attached hydrogens (primary N) is 1. The number of rotatable bonds is 8. The Morgan fingerprint density at radius 3 is 2.55 bits per heavy atom. The first-order chi connectivity index (χ1) is 15.0. The Bertz CT molecular complexity index is 1000. The summed E-state index contributed by atoms with van der Waals surface area (Å²) in [4.78, 5) is 26.1. The van der Waals surface area contributed by atoms with Gasteiger partial charge >= 0.3 is 0 Å². The van der Waals surface area contributed by atoms with Crippen molar-refractivity contribution >= 4 is 33.3 Å². The van der Waals surface area contributed by atoms with E-state index >= 15 is 0 Å². The monoisotopic (exact) mass is 442 g/mol. The molecule has 9 nitrogen and oxygen atoms in total. The van der Waals surface area contributed by atoms with Crippen LogP contribution in [0.3, 0.4) is 0 Å². The second kappa shape index (κ2) is 9.82. The van der Waals surface area contributed by atoms with Gasteiger partial charge in [-0.2, -0.15) is 0 Å². The van der Waals surface area contributed by atoms with Crippen LogP contribution in [-0.2, 0) is 11.3 Å². The summed E-state index contributed by atoms with van der Waals surface area (Å²) in [5, 5.41) is 0. The molecule has 0 bridgehead atoms. The van der Waals surface area contributed by atoms with Crippen molar-refractivity contribution in [2.24, 2.45) is 0 Å². The largest absolute Gasteiger partial charge is 0.378 e. The maximum Gasteiger partial charge on any atom is 0.219 e. The molecular weight excluding hydrogens is 412 g/mol. The number of hydrogen-bond donors (Lipinski definition) is 1. The molecule has 0 spiro atoms. The van der Waals surface area contributed by atoms with Gasteiger partial charge in [-0.3, -0.25) is 0 Å². The van der Waals surface area contributed by atoms with Gasteiger partial charge in [0.25, 0.3) is 0 Å². The molecule has 1 fully saturated rings. The molecule has 10 heteroatoms. The normalized spacial score (nSPS) is 14.8. The number of nitrogen functional groups attached to an aromatic ring is 1. The fourth-order valence-corrected chi connectivity index (χ4v) is 4.81. The van der Waals surface area contributed by atoms with Crippen molar-refractivity contribution in [3.63, 3.8) is 0 Å². The van der Waals surface area contributed by atoms with E-state index in [9.17, 15) is 0 Å². The summed E-state index contributed by atoms with van der Waals surface area (Å²) >= 11 is 1.78. The van der Waals surface area contributed by atoms with Gasteiger partial charge in [0, 0.05) is 36.9 Å². The van der Waals surface area contributed by atoms with Gasteiger partial charge < -0.3 is 25.2 Å². The summed E-state index contributed by atoms with van der Waals surface area (Å²) in [6.07, 6.45) is 4.51. The van der Waals surface area contributed by atoms with Crippen LogP contribution < -0.4 is 10.6 Å². The van der Waals surface area contributed by atoms with Gasteiger partial charge in [0.15, 0.2) is 11.6 Å². The van der Waals surface area contributed by atoms with Crippen LogP contribution in [0.25, 0.3) is 21.6 Å². The Balaban J connectivity index is 1.64. The zero-order chi connectivity index (χ0) is 21.8. The van der Waals surface area contributed by atoms with Gasteiger partial charge in [0.05, 0.1) is 29.0 Å². The number of aromatic nitrogens is 4. The Labute approximate surface area is 186 Å². The Kier molecular flexibility index (Phi) is 6.91. The average Bonchev–Trinajstić information content (AvgIpc) is 3.16. The summed E-state index contributed by atoms with van der Waals surface area (Å²) in [7, 11) is 6.40. The van der Waals surface area contributed by atoms with Crippen molar-refractivity contribution in [3.05, 3.63) is 23.3 Å². The van der Waals surface area contributed by atoms with E-state index in [4.69, 9.17) is 20.4 Å². The molecule has 1 aliphatic heterocycles. The lowest BCUT2D eigenvalue weighted by Crippen LogP contribution is -2.36. The molecule has 0 radical (unpaired) electrons. The quantitative estimate of drug-likeness (QED) is 0.561. The van der Waals surface area contributed by atoms with Crippen molar-refractivity contribution in [3.8, 4) is 11.4 Å². The lowest BCUT2D eigenvalue weighted by atomic mass is 10.3. The molecule has 31 heavy (non-hydrogen) atoms. The van der Waals surface area contributed by atoms with E-state index in [2.05, 4.69) is 51.9 Å². The maximum absolute atomic E-state index is 5.65. The standard InChI is InChI=1S/C21H30N8OS/c1-27(2)5-4-6-28(3)14-16-11-17-18(31-16)20(29-7-9-30-10-8-29)26-19(25-17)15-12-23-21(22)24-13-15/h11-13H,4-10,14H2,1-3H3,(H2,22,23,24). The van der Waals surface area contributed by atoms with E-state index in [0.29, 0.717) is 19.0 Å². The predicted octanol–water partition coefficient (Wildman–Crippen LogP) is 1.95. The van der Waals surface area contributed by atoms with Gasteiger partial charge in [0.1, 0.15) is 0 Å². The minimum absolute atomic E-state index is 0.244. The van der Waals surface area contributed by atoms with Gasteiger partial charge in [-0.05, 0) is 46.7 Å². The van der Waals surface area contributed by atoms with E-state index in [1.165, 1.54) is 4.88 Å². The third-order valence-electron chi connectivity index (χ3n) is 5.22. The summed E-state index contributed by atoms with van der Waals surface area (Å²) in [5.41, 5.74) is 7.38. The van der Waals surface area contributed by atoms with Gasteiger partial charge in [-0.1, -0.05) is 0 Å². The number of nitrogens with zero attached hydrogens (tertiary/aromatic N) is 7. The smallest absolute Gasteiger partial charge is 0.219 e. The first kappa shape index (κ1) is 21.8. The lowest BCUT2D eigenvalue weighted by Gasteiger charge is -2.28. The third-order valence-corrected chi connectivity index (χ3v) is 6.32. The Hall–Kier alpha value is -2.40. The second-order valence-corrected chi connectivity index (χ2v) is 9.26. The van der Waals surface area contributed by atoms with Crippen LogP contribution >= 0.6 is 11.3 Å². The maximum atomic E-state index is 5.65. The fraction of sp³-hybridized carbons (Fsp3) is 0.524. The number of thiophene rings is 1. The van der Waals surface area contributed by atoms with Crippen LogP contribution in [0.4, 0.5) is 11.8 Å². The van der Waals surface area contributed by atoms with E-state index in [1.807, 2.05) is 0 Å². The number of anilines is 2. The topological polar surface area (TPSA) is 96.5 Å². The highest BCUT2D eigenvalue weighted by Crippen LogP contribution is 2.34. The molecule has 3 aromatic heterocycles. The van der Waals surface area contributed by atoms with E-state index in [0.717, 1.165) is 60.7 Å². The third kappa shape index (κ3) is 5.45. The molecule has 0 amide bonds. The molecule has 0 aromatic carbocycles. The Morgan fingerprint density at radius 2 is 1.84 bits per heavy atom. The molecule has 1 aliphatic rings. The molecule has 166 valence electrons. The predicted molar refractivity (Wildman–Crippen MR) is 125 cm³/mol. The Morgan fingerprint density at radius 1 is 1.10 bits per heavy atom. The van der Waals surface area contributed by atoms with Crippen LogP contribution in [0.5, 0.6) is 0 Å². The second-order valence-electron chi connectivity index (χ2n) is 8.12. The molecule has 0 unspecified atom stereocenters. The minimum Gasteiger partial charge on any atom is -0.378 e. The van der Waals surface area contributed by atoms with Gasteiger partial charge in [-0.15, -0.1) is 11.3 Å². The SMILES string of the molecule is CN(C)CCCN(C)Cc1cc2nc(-c3cnc(N)nc3)nc(N3CCOCC3)c2s1. The number of ether oxygens (including phenoxy) is 1.